The number of hydrogen-bond acceptors (Lipinski definition) is 5. The number of aryl methyl sites for hydroxylation is 1. The molecule has 1 saturated carbocycles. The molecule has 0 saturated heterocycles. The summed E-state index contributed by atoms with van der Waals surface area (Å²) < 4.78 is 16.0. The molecule has 1 aromatic carbocycles. The summed E-state index contributed by atoms with van der Waals surface area (Å²) in [6.45, 7) is 0. The van der Waals surface area contributed by atoms with E-state index in [1.54, 1.807) is 13.2 Å². The van der Waals surface area contributed by atoms with Gasteiger partial charge in [-0.2, -0.15) is 0 Å². The summed E-state index contributed by atoms with van der Waals surface area (Å²) in [7, 11) is 4.62. The summed E-state index contributed by atoms with van der Waals surface area (Å²) in [6.07, 6.45) is 2.85. The number of carboxylic acids is 1. The normalized spacial score (nSPS) is 19.3. The molecule has 0 heterocycles. The molecule has 7 nitrogen and oxygen atoms in total. The molecule has 1 amide bonds. The van der Waals surface area contributed by atoms with Crippen molar-refractivity contribution in [2.24, 2.45) is 5.92 Å². The van der Waals surface area contributed by atoms with Crippen molar-refractivity contribution in [1.29, 1.82) is 0 Å². The van der Waals surface area contributed by atoms with Crippen molar-refractivity contribution in [2.75, 3.05) is 21.3 Å². The van der Waals surface area contributed by atoms with E-state index in [0.717, 1.165) is 12.0 Å². The SMILES string of the molecule is COc1ccc(CCC(=O)N[C@@H]2CCC[C@@H]2C(=O)O)c(OC)c1OC. The van der Waals surface area contributed by atoms with E-state index in [2.05, 4.69) is 5.32 Å². The van der Waals surface area contributed by atoms with Crippen LogP contribution in [0.1, 0.15) is 31.2 Å². The number of nitrogens with one attached hydrogen (secondary N) is 1. The van der Waals surface area contributed by atoms with Crippen LogP contribution in [0, 0.1) is 5.92 Å². The van der Waals surface area contributed by atoms with Crippen LogP contribution in [0.25, 0.3) is 0 Å². The van der Waals surface area contributed by atoms with Gasteiger partial charge in [0.25, 0.3) is 0 Å². The Bertz CT molecular complexity index is 630. The average Bonchev–Trinajstić information content (AvgIpc) is 3.07. The smallest absolute Gasteiger partial charge is 0.308 e. The second-order valence-electron chi connectivity index (χ2n) is 6.04. The van der Waals surface area contributed by atoms with Crippen molar-refractivity contribution < 1.29 is 28.9 Å². The van der Waals surface area contributed by atoms with Crippen molar-refractivity contribution in [3.63, 3.8) is 0 Å². The predicted molar refractivity (Wildman–Crippen MR) is 91.3 cm³/mol. The topological polar surface area (TPSA) is 94.1 Å². The lowest BCUT2D eigenvalue weighted by Crippen LogP contribution is -2.40. The number of methoxy groups -OCH3 is 3. The fraction of sp³-hybridized carbons (Fsp3) is 0.556. The standard InChI is InChI=1S/C18H25NO6/c1-23-14-9-7-11(16(24-2)17(14)25-3)8-10-15(20)19-13-6-4-5-12(13)18(21)22/h7,9,12-13H,4-6,8,10H2,1-3H3,(H,19,20)(H,21,22)/t12-,13+/m0/s1. The molecule has 0 radical (unpaired) electrons. The third kappa shape index (κ3) is 4.35. The molecule has 1 aliphatic carbocycles. The molecule has 1 aliphatic rings. The molecule has 25 heavy (non-hydrogen) atoms. The second-order valence-corrected chi connectivity index (χ2v) is 6.04. The van der Waals surface area contributed by atoms with E-state index < -0.39 is 11.9 Å². The van der Waals surface area contributed by atoms with Gasteiger partial charge in [0.2, 0.25) is 11.7 Å². The van der Waals surface area contributed by atoms with Gasteiger partial charge in [0, 0.05) is 12.5 Å². The predicted octanol–water partition coefficient (Wildman–Crippen LogP) is 2.01. The van der Waals surface area contributed by atoms with Crippen molar-refractivity contribution in [2.45, 2.75) is 38.1 Å². The van der Waals surface area contributed by atoms with Crippen LogP contribution in [0.3, 0.4) is 0 Å². The number of aliphatic carboxylic acids is 1. The minimum atomic E-state index is -0.843. The zero-order chi connectivity index (χ0) is 18.4. The van der Waals surface area contributed by atoms with Gasteiger partial charge in [-0.25, -0.2) is 0 Å². The third-order valence-corrected chi connectivity index (χ3v) is 4.59. The van der Waals surface area contributed by atoms with E-state index in [1.807, 2.05) is 6.07 Å². The molecule has 7 heteroatoms. The van der Waals surface area contributed by atoms with E-state index in [4.69, 9.17) is 14.2 Å². The Morgan fingerprint density at radius 1 is 1.12 bits per heavy atom. The number of amides is 1. The average molecular weight is 351 g/mol. The number of hydrogen-bond donors (Lipinski definition) is 2. The van der Waals surface area contributed by atoms with E-state index >= 15 is 0 Å². The molecule has 1 fully saturated rings. The number of carbonyl (C=O) groups is 2. The minimum Gasteiger partial charge on any atom is -0.493 e. The minimum absolute atomic E-state index is 0.157. The Hall–Kier alpha value is -2.44. The highest BCUT2D eigenvalue weighted by Gasteiger charge is 2.33. The molecule has 0 aliphatic heterocycles. The number of ether oxygens (including phenoxy) is 3. The summed E-state index contributed by atoms with van der Waals surface area (Å²) >= 11 is 0. The maximum Gasteiger partial charge on any atom is 0.308 e. The van der Waals surface area contributed by atoms with Crippen molar-refractivity contribution in [1.82, 2.24) is 5.32 Å². The van der Waals surface area contributed by atoms with Gasteiger partial charge >= 0.3 is 5.97 Å². The highest BCUT2D eigenvalue weighted by molar-refractivity contribution is 5.78. The summed E-state index contributed by atoms with van der Waals surface area (Å²) in [5.41, 5.74) is 0.830. The molecular weight excluding hydrogens is 326 g/mol. The van der Waals surface area contributed by atoms with Gasteiger partial charge in [0.15, 0.2) is 11.5 Å². The van der Waals surface area contributed by atoms with E-state index in [0.29, 0.717) is 36.5 Å². The van der Waals surface area contributed by atoms with Gasteiger partial charge in [-0.15, -0.1) is 0 Å². The molecule has 2 N–H and O–H groups in total. The maximum atomic E-state index is 12.2. The van der Waals surface area contributed by atoms with Gasteiger partial charge in [0.1, 0.15) is 0 Å². The zero-order valence-corrected chi connectivity index (χ0v) is 14.8. The number of benzene rings is 1. The summed E-state index contributed by atoms with van der Waals surface area (Å²) in [4.78, 5) is 23.4. The van der Waals surface area contributed by atoms with E-state index in [1.165, 1.54) is 14.2 Å². The molecule has 0 bridgehead atoms. The van der Waals surface area contributed by atoms with Gasteiger partial charge in [-0.3, -0.25) is 9.59 Å². The van der Waals surface area contributed by atoms with Gasteiger partial charge in [0.05, 0.1) is 27.2 Å². The Morgan fingerprint density at radius 3 is 2.44 bits per heavy atom. The van der Waals surface area contributed by atoms with Gasteiger partial charge < -0.3 is 24.6 Å². The van der Waals surface area contributed by atoms with Crippen molar-refractivity contribution in [3.05, 3.63) is 17.7 Å². The third-order valence-electron chi connectivity index (χ3n) is 4.59. The molecule has 138 valence electrons. The van der Waals surface area contributed by atoms with E-state index in [9.17, 15) is 14.7 Å². The quantitative estimate of drug-likeness (QED) is 0.744. The van der Waals surface area contributed by atoms with Crippen molar-refractivity contribution in [3.8, 4) is 17.2 Å². The largest absolute Gasteiger partial charge is 0.493 e. The molecular formula is C18H25NO6. The summed E-state index contributed by atoms with van der Waals surface area (Å²) in [6, 6.07) is 3.33. The Morgan fingerprint density at radius 2 is 1.84 bits per heavy atom. The lowest BCUT2D eigenvalue weighted by Gasteiger charge is -2.18. The molecule has 2 atom stereocenters. The summed E-state index contributed by atoms with van der Waals surface area (Å²) in [5, 5.41) is 12.0. The van der Waals surface area contributed by atoms with Crippen LogP contribution in [0.2, 0.25) is 0 Å². The first kappa shape index (κ1) is 18.9. The first-order valence-electron chi connectivity index (χ1n) is 8.31. The van der Waals surface area contributed by atoms with E-state index in [-0.39, 0.29) is 18.4 Å². The number of carboxylic acid groups (broad SMARTS) is 1. The van der Waals surface area contributed by atoms with Crippen LogP contribution >= 0.6 is 0 Å². The number of rotatable bonds is 8. The van der Waals surface area contributed by atoms with Crippen LogP contribution in [0.15, 0.2) is 12.1 Å². The lowest BCUT2D eigenvalue weighted by atomic mass is 10.0. The van der Waals surface area contributed by atoms with Crippen LogP contribution in [-0.4, -0.2) is 44.4 Å². The summed E-state index contributed by atoms with van der Waals surface area (Å²) in [5.74, 6) is 0.102. The molecule has 1 aromatic rings. The van der Waals surface area contributed by atoms with Crippen LogP contribution < -0.4 is 19.5 Å². The van der Waals surface area contributed by atoms with Crippen LogP contribution in [0.5, 0.6) is 17.2 Å². The molecule has 2 rings (SSSR count). The van der Waals surface area contributed by atoms with Gasteiger partial charge in [-0.1, -0.05) is 12.5 Å². The van der Waals surface area contributed by atoms with Crippen molar-refractivity contribution >= 4 is 11.9 Å². The fourth-order valence-electron chi connectivity index (χ4n) is 3.32. The lowest BCUT2D eigenvalue weighted by molar-refractivity contribution is -0.142. The molecule has 0 aromatic heterocycles. The van der Waals surface area contributed by atoms with Crippen LogP contribution in [-0.2, 0) is 16.0 Å². The zero-order valence-electron chi connectivity index (χ0n) is 14.8. The Balaban J connectivity index is 2.01. The monoisotopic (exact) mass is 351 g/mol. The fourth-order valence-corrected chi connectivity index (χ4v) is 3.32. The second kappa shape index (κ2) is 8.60. The molecule has 0 spiro atoms. The highest BCUT2D eigenvalue weighted by atomic mass is 16.5. The maximum absolute atomic E-state index is 12.2. The Kier molecular flexibility index (Phi) is 6.50. The first-order valence-corrected chi connectivity index (χ1v) is 8.31. The van der Waals surface area contributed by atoms with Gasteiger partial charge in [-0.05, 0) is 30.9 Å². The molecule has 0 unspecified atom stereocenters. The van der Waals surface area contributed by atoms with Crippen LogP contribution in [0.4, 0.5) is 0 Å². The highest BCUT2D eigenvalue weighted by Crippen LogP contribution is 2.40. The first-order chi connectivity index (χ1) is 12.0. The Labute approximate surface area is 147 Å². The number of carbonyl (C=O) groups excluding carboxylic acids is 1.